The third-order valence-corrected chi connectivity index (χ3v) is 6.47. The molecule has 1 saturated carbocycles. The Bertz CT molecular complexity index is 531. The lowest BCUT2D eigenvalue weighted by molar-refractivity contribution is 0.0284. The van der Waals surface area contributed by atoms with Crippen molar-refractivity contribution in [2.45, 2.75) is 57.9 Å². The molecule has 1 aromatic rings. The van der Waals surface area contributed by atoms with Gasteiger partial charge in [0, 0.05) is 12.6 Å². The predicted octanol–water partition coefficient (Wildman–Crippen LogP) is 3.93. The van der Waals surface area contributed by atoms with E-state index in [0.717, 1.165) is 17.9 Å². The van der Waals surface area contributed by atoms with Crippen molar-refractivity contribution in [3.63, 3.8) is 0 Å². The van der Waals surface area contributed by atoms with Gasteiger partial charge in [-0.2, -0.15) is 0 Å². The third-order valence-electron chi connectivity index (χ3n) is 6.47. The molecule has 0 radical (unpaired) electrons. The molecule has 1 saturated heterocycles. The monoisotopic (exact) mass is 269 g/mol. The number of aryl methyl sites for hydroxylation is 1. The zero-order valence-electron chi connectivity index (χ0n) is 13.2. The maximum Gasteiger partial charge on any atom is 0.0170 e. The van der Waals surface area contributed by atoms with Crippen LogP contribution in [0.15, 0.2) is 18.2 Å². The second kappa shape index (κ2) is 4.34. The molecule has 4 rings (SSSR count). The summed E-state index contributed by atoms with van der Waals surface area (Å²) in [7, 11) is 0. The van der Waals surface area contributed by atoms with Crippen LogP contribution in [0.2, 0.25) is 0 Å². The standard InChI is InChI=1S/C19H27N/c1-13-4-7-16-11-18-14(2)19(3,17(16)10-13)8-9-20(18)12-15-5-6-15/h4,7,10,14-15,18H,5-6,8-9,11-12H2,1-3H3/t14-,18?,19-/m0/s1. The molecular formula is C19H27N. The fourth-order valence-corrected chi connectivity index (χ4v) is 4.68. The van der Waals surface area contributed by atoms with E-state index in [-0.39, 0.29) is 0 Å². The summed E-state index contributed by atoms with van der Waals surface area (Å²) in [5.41, 5.74) is 5.12. The topological polar surface area (TPSA) is 3.24 Å². The second-order valence-electron chi connectivity index (χ2n) is 7.83. The van der Waals surface area contributed by atoms with Crippen molar-refractivity contribution in [2.24, 2.45) is 11.8 Å². The molecule has 1 aromatic carbocycles. The van der Waals surface area contributed by atoms with Gasteiger partial charge in [0.05, 0.1) is 0 Å². The highest BCUT2D eigenvalue weighted by atomic mass is 15.2. The van der Waals surface area contributed by atoms with Crippen LogP contribution in [0.3, 0.4) is 0 Å². The summed E-state index contributed by atoms with van der Waals surface area (Å²) in [4.78, 5) is 2.83. The number of fused-ring (bicyclic) bond motifs is 4. The Labute approximate surface area is 123 Å². The van der Waals surface area contributed by atoms with Crippen molar-refractivity contribution < 1.29 is 0 Å². The van der Waals surface area contributed by atoms with Gasteiger partial charge in [0.2, 0.25) is 0 Å². The Morgan fingerprint density at radius 2 is 2.10 bits per heavy atom. The lowest BCUT2D eigenvalue weighted by Gasteiger charge is -2.55. The zero-order chi connectivity index (χ0) is 13.9. The van der Waals surface area contributed by atoms with E-state index < -0.39 is 0 Å². The lowest BCUT2D eigenvalue weighted by Crippen LogP contribution is -2.58. The van der Waals surface area contributed by atoms with E-state index in [4.69, 9.17) is 0 Å². The van der Waals surface area contributed by atoms with Gasteiger partial charge in [-0.3, -0.25) is 4.90 Å². The first-order chi connectivity index (χ1) is 9.58. The first-order valence-corrected chi connectivity index (χ1v) is 8.42. The molecule has 0 amide bonds. The number of hydrogen-bond acceptors (Lipinski definition) is 1. The Morgan fingerprint density at radius 3 is 2.85 bits per heavy atom. The van der Waals surface area contributed by atoms with E-state index >= 15 is 0 Å². The quantitative estimate of drug-likeness (QED) is 0.786. The molecule has 3 atom stereocenters. The molecule has 1 heteroatoms. The van der Waals surface area contributed by atoms with Gasteiger partial charge in [-0.1, -0.05) is 37.6 Å². The predicted molar refractivity (Wildman–Crippen MR) is 84.1 cm³/mol. The molecule has 0 N–H and O–H groups in total. The van der Waals surface area contributed by atoms with Crippen LogP contribution in [0, 0.1) is 18.8 Å². The van der Waals surface area contributed by atoms with Crippen molar-refractivity contribution in [1.82, 2.24) is 4.90 Å². The third kappa shape index (κ3) is 1.86. The average molecular weight is 269 g/mol. The maximum atomic E-state index is 2.83. The fraction of sp³-hybridized carbons (Fsp3) is 0.684. The van der Waals surface area contributed by atoms with E-state index in [0.29, 0.717) is 5.41 Å². The molecule has 1 heterocycles. The van der Waals surface area contributed by atoms with E-state index in [1.54, 1.807) is 11.1 Å². The fourth-order valence-electron chi connectivity index (χ4n) is 4.68. The Morgan fingerprint density at radius 1 is 1.30 bits per heavy atom. The number of nitrogens with zero attached hydrogens (tertiary/aromatic N) is 1. The Hall–Kier alpha value is -0.820. The van der Waals surface area contributed by atoms with Gasteiger partial charge in [0.15, 0.2) is 0 Å². The van der Waals surface area contributed by atoms with Crippen LogP contribution in [0.25, 0.3) is 0 Å². The molecule has 2 bridgehead atoms. The summed E-state index contributed by atoms with van der Waals surface area (Å²) in [5, 5.41) is 0. The SMILES string of the molecule is Cc1ccc2c(c1)[C@@]1(C)CCN(CC3CC3)C(C2)[C@@H]1C. The molecule has 1 nitrogen and oxygen atoms in total. The van der Waals surface area contributed by atoms with Gasteiger partial charge < -0.3 is 0 Å². The Kier molecular flexibility index (Phi) is 2.79. The van der Waals surface area contributed by atoms with Gasteiger partial charge in [-0.15, -0.1) is 0 Å². The van der Waals surface area contributed by atoms with E-state index in [2.05, 4.69) is 43.9 Å². The highest BCUT2D eigenvalue weighted by Crippen LogP contribution is 2.49. The highest BCUT2D eigenvalue weighted by Gasteiger charge is 2.48. The van der Waals surface area contributed by atoms with Crippen LogP contribution in [0.5, 0.6) is 0 Å². The Balaban J connectivity index is 1.71. The van der Waals surface area contributed by atoms with Crippen LogP contribution in [0.1, 0.15) is 49.8 Å². The van der Waals surface area contributed by atoms with Crippen LogP contribution in [-0.4, -0.2) is 24.0 Å². The molecule has 2 aliphatic carbocycles. The van der Waals surface area contributed by atoms with Crippen molar-refractivity contribution in [3.8, 4) is 0 Å². The van der Waals surface area contributed by atoms with Crippen molar-refractivity contribution >= 4 is 0 Å². The van der Waals surface area contributed by atoms with E-state index in [9.17, 15) is 0 Å². The van der Waals surface area contributed by atoms with Crippen LogP contribution < -0.4 is 0 Å². The molecular weight excluding hydrogens is 242 g/mol. The molecule has 3 aliphatic rings. The molecule has 0 aromatic heterocycles. The molecule has 108 valence electrons. The molecule has 1 unspecified atom stereocenters. The number of hydrogen-bond donors (Lipinski definition) is 0. The lowest BCUT2D eigenvalue weighted by atomic mass is 9.59. The maximum absolute atomic E-state index is 2.83. The summed E-state index contributed by atoms with van der Waals surface area (Å²) in [5.74, 6) is 1.82. The normalized spacial score (nSPS) is 36.8. The van der Waals surface area contributed by atoms with Crippen molar-refractivity contribution in [2.75, 3.05) is 13.1 Å². The zero-order valence-corrected chi connectivity index (χ0v) is 13.2. The largest absolute Gasteiger partial charge is 0.299 e. The van der Waals surface area contributed by atoms with Crippen molar-refractivity contribution in [3.05, 3.63) is 34.9 Å². The first-order valence-electron chi connectivity index (χ1n) is 8.42. The molecule has 20 heavy (non-hydrogen) atoms. The summed E-state index contributed by atoms with van der Waals surface area (Å²) in [6.07, 6.45) is 5.57. The minimum atomic E-state index is 0.407. The second-order valence-corrected chi connectivity index (χ2v) is 7.83. The van der Waals surface area contributed by atoms with Gasteiger partial charge in [0.25, 0.3) is 0 Å². The number of rotatable bonds is 2. The number of likely N-dealkylation sites (tertiary alicyclic amines) is 1. The number of benzene rings is 1. The molecule has 0 spiro atoms. The molecule has 1 aliphatic heterocycles. The minimum Gasteiger partial charge on any atom is -0.299 e. The summed E-state index contributed by atoms with van der Waals surface area (Å²) >= 11 is 0. The summed E-state index contributed by atoms with van der Waals surface area (Å²) < 4.78 is 0. The van der Waals surface area contributed by atoms with Gasteiger partial charge in [-0.25, -0.2) is 0 Å². The highest BCUT2D eigenvalue weighted by molar-refractivity contribution is 5.42. The van der Waals surface area contributed by atoms with E-state index in [1.165, 1.54) is 44.3 Å². The average Bonchev–Trinajstić information content (AvgIpc) is 3.22. The van der Waals surface area contributed by atoms with Gasteiger partial charge in [0.1, 0.15) is 0 Å². The number of piperidine rings is 1. The molecule has 2 fully saturated rings. The van der Waals surface area contributed by atoms with Crippen molar-refractivity contribution in [1.29, 1.82) is 0 Å². The minimum absolute atomic E-state index is 0.407. The van der Waals surface area contributed by atoms with Gasteiger partial charge >= 0.3 is 0 Å². The van der Waals surface area contributed by atoms with Crippen LogP contribution >= 0.6 is 0 Å². The van der Waals surface area contributed by atoms with Crippen LogP contribution in [-0.2, 0) is 11.8 Å². The first kappa shape index (κ1) is 12.9. The van der Waals surface area contributed by atoms with Gasteiger partial charge in [-0.05, 0) is 67.5 Å². The van der Waals surface area contributed by atoms with E-state index in [1.807, 2.05) is 0 Å². The smallest absolute Gasteiger partial charge is 0.0170 e. The van der Waals surface area contributed by atoms with Crippen LogP contribution in [0.4, 0.5) is 0 Å². The summed E-state index contributed by atoms with van der Waals surface area (Å²) in [6, 6.07) is 7.96. The summed E-state index contributed by atoms with van der Waals surface area (Å²) in [6.45, 7) is 9.95.